The summed E-state index contributed by atoms with van der Waals surface area (Å²) in [6, 6.07) is 8.54. The van der Waals surface area contributed by atoms with Gasteiger partial charge in [-0.25, -0.2) is 0 Å². The Morgan fingerprint density at radius 3 is 2.64 bits per heavy atom. The SMILES string of the molecule is COC(=O)CCCNC(=S)NC1CC[NH+](Cc2ccc(Cl)cc2)CC1. The van der Waals surface area contributed by atoms with Crippen molar-refractivity contribution in [2.24, 2.45) is 0 Å². The Morgan fingerprint density at radius 2 is 2.00 bits per heavy atom. The molecule has 25 heavy (non-hydrogen) atoms. The average Bonchev–Trinajstić information content (AvgIpc) is 2.62. The lowest BCUT2D eigenvalue weighted by Crippen LogP contribution is -3.12. The van der Waals surface area contributed by atoms with Gasteiger partial charge in [0.1, 0.15) is 6.54 Å². The smallest absolute Gasteiger partial charge is 0.305 e. The van der Waals surface area contributed by atoms with E-state index in [1.165, 1.54) is 12.7 Å². The molecule has 1 aromatic rings. The number of hydrogen-bond acceptors (Lipinski definition) is 3. The molecular formula is C18H27ClN3O2S+. The van der Waals surface area contributed by atoms with E-state index in [2.05, 4.69) is 27.5 Å². The summed E-state index contributed by atoms with van der Waals surface area (Å²) >= 11 is 11.3. The largest absolute Gasteiger partial charge is 0.469 e. The van der Waals surface area contributed by atoms with Crippen LogP contribution < -0.4 is 15.5 Å². The number of likely N-dealkylation sites (tertiary alicyclic amines) is 1. The van der Waals surface area contributed by atoms with Gasteiger partial charge in [-0.2, -0.15) is 0 Å². The number of thiocarbonyl (C=S) groups is 1. The minimum absolute atomic E-state index is 0.184. The summed E-state index contributed by atoms with van der Waals surface area (Å²) in [6.07, 6.45) is 3.34. The molecule has 0 spiro atoms. The van der Waals surface area contributed by atoms with Crippen LogP contribution in [-0.4, -0.2) is 43.9 Å². The van der Waals surface area contributed by atoms with Gasteiger partial charge >= 0.3 is 5.97 Å². The van der Waals surface area contributed by atoms with Crippen molar-refractivity contribution in [3.8, 4) is 0 Å². The number of nitrogens with one attached hydrogen (secondary N) is 3. The molecule has 138 valence electrons. The maximum atomic E-state index is 11.0. The van der Waals surface area contributed by atoms with Crippen LogP contribution in [0.4, 0.5) is 0 Å². The first-order valence-corrected chi connectivity index (χ1v) is 9.54. The van der Waals surface area contributed by atoms with Crippen molar-refractivity contribution in [3.63, 3.8) is 0 Å². The molecule has 0 unspecified atom stereocenters. The molecule has 5 nitrogen and oxygen atoms in total. The van der Waals surface area contributed by atoms with E-state index in [9.17, 15) is 4.79 Å². The van der Waals surface area contributed by atoms with Gasteiger partial charge in [0.25, 0.3) is 0 Å². The van der Waals surface area contributed by atoms with Crippen molar-refractivity contribution in [2.45, 2.75) is 38.3 Å². The van der Waals surface area contributed by atoms with Crippen molar-refractivity contribution >= 4 is 34.9 Å². The Balaban J connectivity index is 1.60. The first-order chi connectivity index (χ1) is 12.1. The molecule has 1 aliphatic heterocycles. The molecule has 0 amide bonds. The molecule has 0 radical (unpaired) electrons. The Labute approximate surface area is 160 Å². The second kappa shape index (κ2) is 10.6. The maximum absolute atomic E-state index is 11.0. The third kappa shape index (κ3) is 7.59. The van der Waals surface area contributed by atoms with Crippen molar-refractivity contribution in [1.82, 2.24) is 10.6 Å². The lowest BCUT2D eigenvalue weighted by Gasteiger charge is -2.30. The lowest BCUT2D eigenvalue weighted by molar-refractivity contribution is -0.918. The maximum Gasteiger partial charge on any atom is 0.305 e. The number of benzene rings is 1. The van der Waals surface area contributed by atoms with Gasteiger partial charge in [0.15, 0.2) is 5.11 Å². The zero-order chi connectivity index (χ0) is 18.1. The standard InChI is InChI=1S/C18H26ClN3O2S/c1-24-17(23)3-2-10-20-18(25)21-16-8-11-22(12-9-16)13-14-4-6-15(19)7-5-14/h4-7,16H,2-3,8-13H2,1H3,(H2,20,21,25)/p+1. The minimum atomic E-state index is -0.184. The van der Waals surface area contributed by atoms with Gasteiger partial charge in [-0.15, -0.1) is 0 Å². The molecule has 1 saturated heterocycles. The van der Waals surface area contributed by atoms with Crippen LogP contribution in [0.5, 0.6) is 0 Å². The monoisotopic (exact) mass is 384 g/mol. The Bertz CT molecular complexity index is 560. The van der Waals surface area contributed by atoms with E-state index in [-0.39, 0.29) is 5.97 Å². The van der Waals surface area contributed by atoms with E-state index in [1.807, 2.05) is 12.1 Å². The van der Waals surface area contributed by atoms with E-state index in [4.69, 9.17) is 23.8 Å². The van der Waals surface area contributed by atoms with Crippen LogP contribution >= 0.6 is 23.8 Å². The first kappa shape index (κ1) is 19.9. The summed E-state index contributed by atoms with van der Waals surface area (Å²) in [6.45, 7) is 3.98. The number of quaternary nitrogens is 1. The van der Waals surface area contributed by atoms with Crippen LogP contribution in [0.2, 0.25) is 5.02 Å². The number of carbonyl (C=O) groups is 1. The predicted molar refractivity (Wildman–Crippen MR) is 104 cm³/mol. The van der Waals surface area contributed by atoms with Crippen LogP contribution in [0.3, 0.4) is 0 Å². The summed E-state index contributed by atoms with van der Waals surface area (Å²) in [7, 11) is 1.41. The zero-order valence-electron chi connectivity index (χ0n) is 14.6. The summed E-state index contributed by atoms with van der Waals surface area (Å²) in [5, 5.41) is 8.01. The molecule has 7 heteroatoms. The van der Waals surface area contributed by atoms with E-state index in [0.717, 1.165) is 43.9 Å². The van der Waals surface area contributed by atoms with Crippen molar-refractivity contribution in [3.05, 3.63) is 34.9 Å². The highest BCUT2D eigenvalue weighted by atomic mass is 35.5. The molecule has 0 bridgehead atoms. The molecule has 0 atom stereocenters. The van der Waals surface area contributed by atoms with Crippen LogP contribution in [0.1, 0.15) is 31.2 Å². The number of carbonyl (C=O) groups excluding carboxylic acids is 1. The van der Waals surface area contributed by atoms with Crippen LogP contribution in [-0.2, 0) is 16.1 Å². The van der Waals surface area contributed by atoms with E-state index < -0.39 is 0 Å². The quantitative estimate of drug-likeness (QED) is 0.376. The molecular weight excluding hydrogens is 358 g/mol. The number of ether oxygens (including phenoxy) is 1. The third-order valence-electron chi connectivity index (χ3n) is 4.47. The summed E-state index contributed by atoms with van der Waals surface area (Å²) in [5.74, 6) is -0.184. The molecule has 0 saturated carbocycles. The number of piperidine rings is 1. The van der Waals surface area contributed by atoms with Crippen LogP contribution in [0.25, 0.3) is 0 Å². The highest BCUT2D eigenvalue weighted by Gasteiger charge is 2.22. The molecule has 2 rings (SSSR count). The molecule has 3 N–H and O–H groups in total. The first-order valence-electron chi connectivity index (χ1n) is 8.76. The normalized spacial score (nSPS) is 19.9. The fraction of sp³-hybridized carbons (Fsp3) is 0.556. The van der Waals surface area contributed by atoms with E-state index in [0.29, 0.717) is 24.1 Å². The number of hydrogen-bond donors (Lipinski definition) is 3. The lowest BCUT2D eigenvalue weighted by atomic mass is 10.0. The number of rotatable bonds is 7. The predicted octanol–water partition coefficient (Wildman–Crippen LogP) is 1.30. The van der Waals surface area contributed by atoms with Crippen LogP contribution in [0.15, 0.2) is 24.3 Å². The highest BCUT2D eigenvalue weighted by Crippen LogP contribution is 2.09. The highest BCUT2D eigenvalue weighted by molar-refractivity contribution is 7.80. The molecule has 0 aromatic heterocycles. The van der Waals surface area contributed by atoms with Gasteiger partial charge in [-0.3, -0.25) is 4.79 Å². The average molecular weight is 385 g/mol. The fourth-order valence-corrected chi connectivity index (χ4v) is 3.41. The molecule has 1 aliphatic rings. The van der Waals surface area contributed by atoms with E-state index in [1.54, 1.807) is 4.90 Å². The van der Waals surface area contributed by atoms with Crippen molar-refractivity contribution < 1.29 is 14.4 Å². The van der Waals surface area contributed by atoms with Gasteiger partial charge in [0, 0.05) is 42.4 Å². The minimum Gasteiger partial charge on any atom is -0.469 e. The molecule has 1 aromatic carbocycles. The molecule has 0 aliphatic carbocycles. The fourth-order valence-electron chi connectivity index (χ4n) is 3.01. The van der Waals surface area contributed by atoms with Crippen molar-refractivity contribution in [2.75, 3.05) is 26.7 Å². The Kier molecular flexibility index (Phi) is 8.44. The number of halogens is 1. The Morgan fingerprint density at radius 1 is 1.32 bits per heavy atom. The number of methoxy groups -OCH3 is 1. The van der Waals surface area contributed by atoms with Gasteiger partial charge < -0.3 is 20.3 Å². The topological polar surface area (TPSA) is 54.8 Å². The third-order valence-corrected chi connectivity index (χ3v) is 4.98. The summed E-state index contributed by atoms with van der Waals surface area (Å²) in [5.41, 5.74) is 1.33. The second-order valence-electron chi connectivity index (χ2n) is 6.41. The van der Waals surface area contributed by atoms with Gasteiger partial charge in [0.2, 0.25) is 0 Å². The Hall–Kier alpha value is -1.37. The summed E-state index contributed by atoms with van der Waals surface area (Å²) < 4.78 is 4.61. The van der Waals surface area contributed by atoms with Gasteiger partial charge in [-0.05, 0) is 30.8 Å². The molecule has 1 fully saturated rings. The number of esters is 1. The van der Waals surface area contributed by atoms with Crippen molar-refractivity contribution in [1.29, 1.82) is 0 Å². The summed E-state index contributed by atoms with van der Waals surface area (Å²) in [4.78, 5) is 12.6. The van der Waals surface area contributed by atoms with Gasteiger partial charge in [-0.1, -0.05) is 23.7 Å². The van der Waals surface area contributed by atoms with E-state index >= 15 is 0 Å². The van der Waals surface area contributed by atoms with Crippen LogP contribution in [0, 0.1) is 0 Å². The van der Waals surface area contributed by atoms with Gasteiger partial charge in [0.05, 0.1) is 20.2 Å². The zero-order valence-corrected chi connectivity index (χ0v) is 16.2. The molecule has 1 heterocycles. The second-order valence-corrected chi connectivity index (χ2v) is 7.25.